The number of hydrogen-bond donors (Lipinski definition) is 2. The Morgan fingerprint density at radius 3 is 2.33 bits per heavy atom. The summed E-state index contributed by atoms with van der Waals surface area (Å²) in [7, 11) is -3.28. The molecule has 0 aromatic rings. The third-order valence-corrected chi connectivity index (χ3v) is 3.50. The Kier molecular flexibility index (Phi) is 3.45. The van der Waals surface area contributed by atoms with Crippen molar-refractivity contribution in [3.8, 4) is 0 Å². The Balaban J connectivity index is 2.54. The lowest BCUT2D eigenvalue weighted by atomic mass is 10.2. The third kappa shape index (κ3) is 2.41. The van der Waals surface area contributed by atoms with E-state index in [1.165, 1.54) is 4.31 Å². The molecule has 1 saturated heterocycles. The zero-order valence-corrected chi connectivity index (χ0v) is 7.81. The van der Waals surface area contributed by atoms with Gasteiger partial charge in [0.1, 0.15) is 0 Å². The van der Waals surface area contributed by atoms with Crippen LogP contribution in [0, 0.1) is 0 Å². The van der Waals surface area contributed by atoms with Crippen LogP contribution in [0.4, 0.5) is 0 Å². The van der Waals surface area contributed by atoms with E-state index in [0.29, 0.717) is 13.1 Å². The van der Waals surface area contributed by atoms with Crippen LogP contribution >= 0.6 is 0 Å². The van der Waals surface area contributed by atoms with Crippen LogP contribution in [-0.4, -0.2) is 32.5 Å². The van der Waals surface area contributed by atoms with Gasteiger partial charge in [0.15, 0.2) is 0 Å². The van der Waals surface area contributed by atoms with Crippen molar-refractivity contribution >= 4 is 10.2 Å². The molecule has 5 nitrogen and oxygen atoms in total. The highest BCUT2D eigenvalue weighted by molar-refractivity contribution is 7.87. The summed E-state index contributed by atoms with van der Waals surface area (Å²) in [5.74, 6) is 0. The first kappa shape index (κ1) is 9.91. The molecule has 0 bridgehead atoms. The van der Waals surface area contributed by atoms with Gasteiger partial charge < -0.3 is 5.73 Å². The number of nitrogens with zero attached hydrogens (tertiary/aromatic N) is 1. The predicted molar refractivity (Wildman–Crippen MR) is 46.5 cm³/mol. The average Bonchev–Trinajstić information content (AvgIpc) is 2.06. The van der Waals surface area contributed by atoms with Gasteiger partial charge in [-0.25, -0.2) is 0 Å². The minimum Gasteiger partial charge on any atom is -0.318 e. The largest absolute Gasteiger partial charge is 0.318 e. The van der Waals surface area contributed by atoms with Gasteiger partial charge in [-0.15, -0.1) is 0 Å². The van der Waals surface area contributed by atoms with Gasteiger partial charge in [-0.1, -0.05) is 6.42 Å². The highest BCUT2D eigenvalue weighted by atomic mass is 32.2. The smallest absolute Gasteiger partial charge is 0.280 e. The summed E-state index contributed by atoms with van der Waals surface area (Å²) in [5, 5.41) is 0. The Morgan fingerprint density at radius 1 is 1.25 bits per heavy atom. The molecule has 0 radical (unpaired) electrons. The molecule has 0 aromatic carbocycles. The molecule has 0 saturated carbocycles. The summed E-state index contributed by atoms with van der Waals surface area (Å²) in [6.07, 6.45) is 3.02. The molecule has 0 atom stereocenters. The Bertz CT molecular complexity index is 221. The van der Waals surface area contributed by atoms with Crippen LogP contribution in [0.1, 0.15) is 19.3 Å². The first-order valence-corrected chi connectivity index (χ1v) is 5.55. The molecular weight excluding hydrogens is 178 g/mol. The Labute approximate surface area is 73.1 Å². The summed E-state index contributed by atoms with van der Waals surface area (Å²) in [6, 6.07) is 0. The van der Waals surface area contributed by atoms with Crippen molar-refractivity contribution in [3.63, 3.8) is 0 Å². The lowest BCUT2D eigenvalue weighted by Crippen LogP contribution is -2.45. The molecule has 1 aliphatic rings. The van der Waals surface area contributed by atoms with Gasteiger partial charge in [-0.05, 0) is 12.8 Å². The van der Waals surface area contributed by atoms with Crippen LogP contribution in [0.5, 0.6) is 0 Å². The molecule has 0 aromatic heterocycles. The summed E-state index contributed by atoms with van der Waals surface area (Å²) in [4.78, 5) is 0. The fourth-order valence-electron chi connectivity index (χ4n) is 1.30. The second kappa shape index (κ2) is 4.18. The number of hydrogen-bond acceptors (Lipinski definition) is 3. The molecule has 0 unspecified atom stereocenters. The van der Waals surface area contributed by atoms with Crippen molar-refractivity contribution in [2.75, 3.05) is 19.8 Å². The second-order valence-corrected chi connectivity index (χ2v) is 4.57. The number of nitrogens with one attached hydrogen (secondary N) is 1. The van der Waals surface area contributed by atoms with Crippen molar-refractivity contribution < 1.29 is 8.42 Å². The maximum Gasteiger partial charge on any atom is 0.280 e. The van der Waals surface area contributed by atoms with Crippen LogP contribution in [-0.2, 0) is 10.2 Å². The summed E-state index contributed by atoms with van der Waals surface area (Å²) in [6.45, 7) is 1.21. The van der Waals surface area contributed by atoms with E-state index >= 15 is 0 Å². The summed E-state index contributed by atoms with van der Waals surface area (Å²) >= 11 is 0. The fraction of sp³-hybridized carbons (Fsp3) is 1.00. The molecule has 1 aliphatic heterocycles. The maximum atomic E-state index is 11.3. The van der Waals surface area contributed by atoms with Crippen LogP contribution < -0.4 is 10.5 Å². The van der Waals surface area contributed by atoms with E-state index in [1.54, 1.807) is 0 Å². The van der Waals surface area contributed by atoms with Gasteiger partial charge in [-0.2, -0.15) is 17.4 Å². The van der Waals surface area contributed by atoms with E-state index in [1.807, 2.05) is 0 Å². The molecule has 1 rings (SSSR count). The van der Waals surface area contributed by atoms with Gasteiger partial charge >= 0.3 is 0 Å². The highest BCUT2D eigenvalue weighted by Crippen LogP contribution is 2.11. The van der Waals surface area contributed by atoms with Crippen molar-refractivity contribution in [2.24, 2.45) is 5.73 Å². The molecule has 0 spiro atoms. The van der Waals surface area contributed by atoms with E-state index in [9.17, 15) is 8.42 Å². The van der Waals surface area contributed by atoms with E-state index in [2.05, 4.69) is 4.72 Å². The van der Waals surface area contributed by atoms with Crippen LogP contribution in [0.25, 0.3) is 0 Å². The molecule has 3 N–H and O–H groups in total. The Hall–Kier alpha value is -0.170. The first-order valence-electron chi connectivity index (χ1n) is 4.11. The van der Waals surface area contributed by atoms with Gasteiger partial charge in [-0.3, -0.25) is 0 Å². The molecular formula is C6H15N3O2S. The van der Waals surface area contributed by atoms with Crippen LogP contribution in [0.15, 0.2) is 0 Å². The highest BCUT2D eigenvalue weighted by Gasteiger charge is 2.22. The average molecular weight is 193 g/mol. The zero-order chi connectivity index (χ0) is 9.03. The normalized spacial score (nSPS) is 21.1. The van der Waals surface area contributed by atoms with Crippen molar-refractivity contribution in [1.82, 2.24) is 9.03 Å². The molecule has 1 fully saturated rings. The van der Waals surface area contributed by atoms with Crippen molar-refractivity contribution in [2.45, 2.75) is 19.3 Å². The fourth-order valence-corrected chi connectivity index (χ4v) is 2.43. The quantitative estimate of drug-likeness (QED) is 0.577. The minimum absolute atomic E-state index is 0.0289. The van der Waals surface area contributed by atoms with Gasteiger partial charge in [0.2, 0.25) is 0 Å². The zero-order valence-electron chi connectivity index (χ0n) is 6.99. The monoisotopic (exact) mass is 193 g/mol. The molecule has 0 amide bonds. The van der Waals surface area contributed by atoms with Gasteiger partial charge in [0.25, 0.3) is 10.2 Å². The Morgan fingerprint density at radius 2 is 1.83 bits per heavy atom. The van der Waals surface area contributed by atoms with E-state index < -0.39 is 10.2 Å². The molecule has 6 heteroatoms. The minimum atomic E-state index is -3.28. The van der Waals surface area contributed by atoms with Gasteiger partial charge in [0, 0.05) is 13.1 Å². The van der Waals surface area contributed by atoms with Gasteiger partial charge in [0.05, 0.1) is 6.67 Å². The molecule has 0 aliphatic carbocycles. The van der Waals surface area contributed by atoms with E-state index in [-0.39, 0.29) is 6.67 Å². The maximum absolute atomic E-state index is 11.3. The molecule has 12 heavy (non-hydrogen) atoms. The first-order chi connectivity index (χ1) is 5.67. The number of nitrogens with two attached hydrogens (primary N) is 1. The summed E-state index contributed by atoms with van der Waals surface area (Å²) in [5.41, 5.74) is 5.10. The van der Waals surface area contributed by atoms with E-state index in [4.69, 9.17) is 5.73 Å². The van der Waals surface area contributed by atoms with Crippen LogP contribution in [0.2, 0.25) is 0 Å². The number of piperidine rings is 1. The lowest BCUT2D eigenvalue weighted by Gasteiger charge is -2.25. The lowest BCUT2D eigenvalue weighted by molar-refractivity contribution is 0.342. The van der Waals surface area contributed by atoms with Crippen molar-refractivity contribution in [3.05, 3.63) is 0 Å². The SMILES string of the molecule is NCNS(=O)(=O)N1CCCCC1. The summed E-state index contributed by atoms with van der Waals surface area (Å²) < 4.78 is 26.4. The topological polar surface area (TPSA) is 75.4 Å². The second-order valence-electron chi connectivity index (χ2n) is 2.81. The third-order valence-electron chi connectivity index (χ3n) is 1.92. The van der Waals surface area contributed by atoms with Crippen LogP contribution in [0.3, 0.4) is 0 Å². The molecule has 1 heterocycles. The predicted octanol–water partition coefficient (Wildman–Crippen LogP) is -0.777. The molecule has 72 valence electrons. The van der Waals surface area contributed by atoms with E-state index in [0.717, 1.165) is 19.3 Å². The van der Waals surface area contributed by atoms with Crippen molar-refractivity contribution in [1.29, 1.82) is 0 Å². The number of rotatable bonds is 3. The standard InChI is InChI=1S/C6H15N3O2S/c7-6-8-12(10,11)9-4-2-1-3-5-9/h8H,1-7H2.